The van der Waals surface area contributed by atoms with Gasteiger partial charge in [0.15, 0.2) is 5.12 Å². The van der Waals surface area contributed by atoms with Crippen molar-refractivity contribution in [2.45, 2.75) is 141 Å². The van der Waals surface area contributed by atoms with Gasteiger partial charge in [0.05, 0.1) is 12.2 Å². The first kappa shape index (κ1) is 28.9. The summed E-state index contributed by atoms with van der Waals surface area (Å²) in [7, 11) is 0. The van der Waals surface area contributed by atoms with E-state index in [4.69, 9.17) is 4.74 Å². The Balaban J connectivity index is 2.02. The number of rotatable bonds is 17. The second-order valence-electron chi connectivity index (χ2n) is 9.53. The Morgan fingerprint density at radius 1 is 0.774 bits per heavy atom. The molecule has 0 aromatic carbocycles. The minimum atomic E-state index is -1.23. The van der Waals surface area contributed by atoms with Gasteiger partial charge in [-0.25, -0.2) is 0 Å². The summed E-state index contributed by atoms with van der Waals surface area (Å²) in [5.41, 5.74) is 0. The second kappa shape index (κ2) is 17.4. The molecule has 184 valence electrons. The maximum absolute atomic E-state index is 12.2. The molecule has 5 nitrogen and oxygen atoms in total. The van der Waals surface area contributed by atoms with E-state index < -0.39 is 30.5 Å². The van der Waals surface area contributed by atoms with E-state index in [-0.39, 0.29) is 11.0 Å². The molecule has 1 saturated heterocycles. The van der Waals surface area contributed by atoms with E-state index in [1.807, 2.05) is 13.8 Å². The standard InChI is InChI=1S/C25H48O5S/c1-4-5-6-7-8-9-10-11-12-13-14-15-16-17-21(26)31-18-20-22(27)23(28)24(29)25(30-20)19(2)3/h19-20,22-25,27-29H,4-18H2,1-3H3/t20?,22-,23-,24?,25+/m1/s1. The molecule has 2 unspecified atom stereocenters. The first-order chi connectivity index (χ1) is 14.9. The lowest BCUT2D eigenvalue weighted by molar-refractivity contribution is -0.225. The molecule has 0 aromatic rings. The van der Waals surface area contributed by atoms with Crippen molar-refractivity contribution in [2.75, 3.05) is 5.75 Å². The molecule has 1 rings (SSSR count). The average Bonchev–Trinajstić information content (AvgIpc) is 2.74. The van der Waals surface area contributed by atoms with Crippen molar-refractivity contribution < 1.29 is 24.9 Å². The summed E-state index contributed by atoms with van der Waals surface area (Å²) in [6.45, 7) is 6.07. The Hall–Kier alpha value is -0.140. The van der Waals surface area contributed by atoms with E-state index in [1.54, 1.807) is 0 Å². The fourth-order valence-electron chi connectivity index (χ4n) is 4.20. The molecule has 1 fully saturated rings. The third-order valence-electron chi connectivity index (χ3n) is 6.30. The fourth-order valence-corrected chi connectivity index (χ4v) is 5.12. The van der Waals surface area contributed by atoms with Gasteiger partial charge in [-0.15, -0.1) is 0 Å². The molecule has 0 saturated carbocycles. The summed E-state index contributed by atoms with van der Waals surface area (Å²) in [5, 5.41) is 30.4. The maximum Gasteiger partial charge on any atom is 0.189 e. The zero-order valence-corrected chi connectivity index (χ0v) is 21.0. The summed E-state index contributed by atoms with van der Waals surface area (Å²) >= 11 is 1.17. The number of hydrogen-bond donors (Lipinski definition) is 3. The highest BCUT2D eigenvalue weighted by atomic mass is 32.2. The van der Waals surface area contributed by atoms with E-state index in [0.717, 1.165) is 12.8 Å². The van der Waals surface area contributed by atoms with Crippen molar-refractivity contribution in [3.8, 4) is 0 Å². The highest BCUT2D eigenvalue weighted by molar-refractivity contribution is 8.13. The predicted molar refractivity (Wildman–Crippen MR) is 129 cm³/mol. The SMILES string of the molecule is CCCCCCCCCCCCCCCC(=O)SCC1O[C@@H](C(C)C)C(O)[C@H](O)[C@@H]1O. The molecule has 0 bridgehead atoms. The number of aliphatic hydroxyl groups excluding tert-OH is 3. The van der Waals surface area contributed by atoms with Crippen molar-refractivity contribution in [1.29, 1.82) is 0 Å². The van der Waals surface area contributed by atoms with Crippen molar-refractivity contribution in [3.63, 3.8) is 0 Å². The van der Waals surface area contributed by atoms with E-state index >= 15 is 0 Å². The summed E-state index contributed by atoms with van der Waals surface area (Å²) < 4.78 is 5.78. The van der Waals surface area contributed by atoms with E-state index in [9.17, 15) is 20.1 Å². The van der Waals surface area contributed by atoms with Crippen LogP contribution in [-0.2, 0) is 9.53 Å². The molecule has 1 aliphatic heterocycles. The van der Waals surface area contributed by atoms with Crippen LogP contribution >= 0.6 is 11.8 Å². The molecule has 31 heavy (non-hydrogen) atoms. The Kier molecular flexibility index (Phi) is 16.2. The molecule has 0 spiro atoms. The Bertz CT molecular complexity index is 459. The van der Waals surface area contributed by atoms with Gasteiger partial charge in [0, 0.05) is 12.2 Å². The largest absolute Gasteiger partial charge is 0.388 e. The topological polar surface area (TPSA) is 87.0 Å². The van der Waals surface area contributed by atoms with Crippen LogP contribution in [0, 0.1) is 5.92 Å². The van der Waals surface area contributed by atoms with Crippen LogP contribution in [0.1, 0.15) is 111 Å². The Morgan fingerprint density at radius 2 is 1.26 bits per heavy atom. The van der Waals surface area contributed by atoms with Gasteiger partial charge in [0.2, 0.25) is 0 Å². The van der Waals surface area contributed by atoms with Crippen molar-refractivity contribution in [1.82, 2.24) is 0 Å². The van der Waals surface area contributed by atoms with E-state index in [1.165, 1.54) is 82.4 Å². The molecule has 0 radical (unpaired) electrons. The smallest absolute Gasteiger partial charge is 0.189 e. The van der Waals surface area contributed by atoms with E-state index in [0.29, 0.717) is 12.2 Å². The van der Waals surface area contributed by atoms with Crippen LogP contribution in [0.5, 0.6) is 0 Å². The predicted octanol–water partition coefficient (Wildman–Crippen LogP) is 5.23. The molecular formula is C25H48O5S. The first-order valence-electron chi connectivity index (χ1n) is 12.7. The number of thioether (sulfide) groups is 1. The van der Waals surface area contributed by atoms with Gasteiger partial charge in [-0.05, 0) is 12.3 Å². The highest BCUT2D eigenvalue weighted by Gasteiger charge is 2.44. The monoisotopic (exact) mass is 460 g/mol. The molecule has 6 heteroatoms. The number of unbranched alkanes of at least 4 members (excludes halogenated alkanes) is 12. The summed E-state index contributed by atoms with van der Waals surface area (Å²) in [6.07, 6.45) is 12.6. The quantitative estimate of drug-likeness (QED) is 0.258. The van der Waals surface area contributed by atoms with Crippen molar-refractivity contribution in [2.24, 2.45) is 5.92 Å². The molecular weight excluding hydrogens is 412 g/mol. The summed E-state index contributed by atoms with van der Waals surface area (Å²) in [5.74, 6) is 0.331. The number of hydrogen-bond acceptors (Lipinski definition) is 6. The van der Waals surface area contributed by atoms with Gasteiger partial charge in [-0.3, -0.25) is 4.79 Å². The fraction of sp³-hybridized carbons (Fsp3) is 0.960. The summed E-state index contributed by atoms with van der Waals surface area (Å²) in [6, 6.07) is 0. The highest BCUT2D eigenvalue weighted by Crippen LogP contribution is 2.28. The molecule has 0 aliphatic carbocycles. The van der Waals surface area contributed by atoms with Crippen LogP contribution in [0.3, 0.4) is 0 Å². The number of aliphatic hydroxyl groups is 3. The Morgan fingerprint density at radius 3 is 1.74 bits per heavy atom. The first-order valence-corrected chi connectivity index (χ1v) is 13.7. The second-order valence-corrected chi connectivity index (χ2v) is 10.6. The molecule has 1 aliphatic rings. The minimum absolute atomic E-state index is 0.0196. The van der Waals surface area contributed by atoms with Crippen LogP contribution in [0.4, 0.5) is 0 Å². The minimum Gasteiger partial charge on any atom is -0.388 e. The van der Waals surface area contributed by atoms with Gasteiger partial charge in [0.1, 0.15) is 18.3 Å². The van der Waals surface area contributed by atoms with Crippen molar-refractivity contribution in [3.05, 3.63) is 0 Å². The van der Waals surface area contributed by atoms with Crippen molar-refractivity contribution >= 4 is 16.9 Å². The van der Waals surface area contributed by atoms with E-state index in [2.05, 4.69) is 6.92 Å². The molecule has 1 heterocycles. The number of ether oxygens (including phenoxy) is 1. The number of carbonyl (C=O) groups excluding carboxylic acids is 1. The third-order valence-corrected chi connectivity index (χ3v) is 7.32. The van der Waals surface area contributed by atoms with Crippen LogP contribution < -0.4 is 0 Å². The molecule has 0 aromatic heterocycles. The normalized spacial score (nSPS) is 26.5. The molecule has 5 atom stereocenters. The van der Waals surface area contributed by atoms with Gasteiger partial charge in [-0.1, -0.05) is 110 Å². The van der Waals surface area contributed by atoms with Crippen LogP contribution in [0.25, 0.3) is 0 Å². The maximum atomic E-state index is 12.2. The Labute approximate surface area is 194 Å². The molecule has 3 N–H and O–H groups in total. The zero-order valence-electron chi connectivity index (χ0n) is 20.1. The van der Waals surface area contributed by atoms with Gasteiger partial charge in [-0.2, -0.15) is 0 Å². The lowest BCUT2D eigenvalue weighted by Crippen LogP contribution is -2.59. The third kappa shape index (κ3) is 12.0. The summed E-state index contributed by atoms with van der Waals surface area (Å²) in [4.78, 5) is 12.2. The average molecular weight is 461 g/mol. The van der Waals surface area contributed by atoms with Gasteiger partial charge >= 0.3 is 0 Å². The van der Waals surface area contributed by atoms with Crippen LogP contribution in [-0.4, -0.2) is 56.7 Å². The lowest BCUT2D eigenvalue weighted by atomic mass is 9.90. The number of carbonyl (C=O) groups is 1. The molecule has 0 amide bonds. The van der Waals surface area contributed by atoms with Gasteiger partial charge in [0.25, 0.3) is 0 Å². The lowest BCUT2D eigenvalue weighted by Gasteiger charge is -2.42. The van der Waals surface area contributed by atoms with Gasteiger partial charge < -0.3 is 20.1 Å². The zero-order chi connectivity index (χ0) is 23.1. The van der Waals surface area contributed by atoms with Crippen LogP contribution in [0.15, 0.2) is 0 Å². The van der Waals surface area contributed by atoms with Crippen LogP contribution in [0.2, 0.25) is 0 Å².